The lowest BCUT2D eigenvalue weighted by molar-refractivity contribution is -0.138. The molecule has 4 heteroatoms. The largest absolute Gasteiger partial charge is 0.480 e. The van der Waals surface area contributed by atoms with E-state index < -0.39 is 12.0 Å². The molecule has 0 saturated carbocycles. The van der Waals surface area contributed by atoms with Crippen LogP contribution < -0.4 is 9.64 Å². The van der Waals surface area contributed by atoms with Crippen LogP contribution in [0, 0.1) is 0 Å². The number of rotatable bonds is 6. The maximum Gasteiger partial charge on any atom is 0.326 e. The summed E-state index contributed by atoms with van der Waals surface area (Å²) in [4.78, 5) is 12.9. The number of anilines is 1. The fraction of sp³-hybridized carbons (Fsp3) is 0.235. The van der Waals surface area contributed by atoms with Crippen LogP contribution in [0.25, 0.3) is 0 Å². The Morgan fingerprint density at radius 3 is 2.19 bits per heavy atom. The van der Waals surface area contributed by atoms with Gasteiger partial charge >= 0.3 is 5.97 Å². The van der Waals surface area contributed by atoms with Crippen LogP contribution in [0.15, 0.2) is 54.6 Å². The van der Waals surface area contributed by atoms with E-state index in [0.29, 0.717) is 6.54 Å². The number of aliphatic carboxylic acids is 1. The highest BCUT2D eigenvalue weighted by Gasteiger charge is 2.19. The van der Waals surface area contributed by atoms with Crippen LogP contribution >= 0.6 is 0 Å². The highest BCUT2D eigenvalue weighted by molar-refractivity contribution is 5.77. The van der Waals surface area contributed by atoms with E-state index in [2.05, 4.69) is 0 Å². The van der Waals surface area contributed by atoms with Crippen LogP contribution in [0.1, 0.15) is 13.8 Å². The van der Waals surface area contributed by atoms with E-state index in [1.54, 1.807) is 6.92 Å². The van der Waals surface area contributed by atoms with Gasteiger partial charge in [0.1, 0.15) is 17.5 Å². The first-order valence-corrected chi connectivity index (χ1v) is 6.94. The lowest BCUT2D eigenvalue weighted by atomic mass is 10.2. The monoisotopic (exact) mass is 285 g/mol. The van der Waals surface area contributed by atoms with Gasteiger partial charge in [-0.15, -0.1) is 0 Å². The molecule has 0 aliphatic carbocycles. The summed E-state index contributed by atoms with van der Waals surface area (Å²) in [5.41, 5.74) is 0.868. The van der Waals surface area contributed by atoms with Crippen molar-refractivity contribution in [3.63, 3.8) is 0 Å². The first-order chi connectivity index (χ1) is 10.1. The van der Waals surface area contributed by atoms with Gasteiger partial charge in [0.05, 0.1) is 0 Å². The molecule has 0 heterocycles. The average molecular weight is 285 g/mol. The predicted molar refractivity (Wildman–Crippen MR) is 83.1 cm³/mol. The third-order valence-electron chi connectivity index (χ3n) is 3.31. The summed E-state index contributed by atoms with van der Waals surface area (Å²) < 4.78 is 5.72. The highest BCUT2D eigenvalue weighted by Crippen LogP contribution is 2.25. The van der Waals surface area contributed by atoms with E-state index in [-0.39, 0.29) is 0 Å². The number of nitrogens with zero attached hydrogens (tertiary/aromatic N) is 1. The SMILES string of the molecule is CCN(c1ccc(Oc2ccccc2)cc1)C(C)C(=O)O. The van der Waals surface area contributed by atoms with Crippen molar-refractivity contribution in [3.05, 3.63) is 54.6 Å². The van der Waals surface area contributed by atoms with Gasteiger partial charge in [-0.2, -0.15) is 0 Å². The van der Waals surface area contributed by atoms with Gasteiger partial charge in [-0.3, -0.25) is 0 Å². The van der Waals surface area contributed by atoms with Crippen LogP contribution in [-0.2, 0) is 4.79 Å². The zero-order chi connectivity index (χ0) is 15.2. The average Bonchev–Trinajstić information content (AvgIpc) is 2.50. The van der Waals surface area contributed by atoms with Crippen molar-refractivity contribution >= 4 is 11.7 Å². The van der Waals surface area contributed by atoms with Crippen LogP contribution in [0.3, 0.4) is 0 Å². The van der Waals surface area contributed by atoms with Crippen molar-refractivity contribution in [2.45, 2.75) is 19.9 Å². The third kappa shape index (κ3) is 3.75. The minimum atomic E-state index is -0.832. The second-order valence-corrected chi connectivity index (χ2v) is 4.71. The number of hydrogen-bond acceptors (Lipinski definition) is 3. The summed E-state index contributed by atoms with van der Waals surface area (Å²) in [6.45, 7) is 4.25. The number of likely N-dealkylation sites (N-methyl/N-ethyl adjacent to an activating group) is 1. The maximum atomic E-state index is 11.1. The van der Waals surface area contributed by atoms with E-state index in [1.165, 1.54) is 0 Å². The molecular weight excluding hydrogens is 266 g/mol. The molecule has 0 saturated heterocycles. The van der Waals surface area contributed by atoms with Crippen LogP contribution in [-0.4, -0.2) is 23.7 Å². The molecule has 0 aliphatic heterocycles. The van der Waals surface area contributed by atoms with Crippen molar-refractivity contribution < 1.29 is 14.6 Å². The standard InChI is InChI=1S/C17H19NO3/c1-3-18(13(2)17(19)20)14-9-11-16(12-10-14)21-15-7-5-4-6-8-15/h4-13H,3H2,1-2H3,(H,19,20). The predicted octanol–water partition coefficient (Wildman–Crippen LogP) is 3.78. The van der Waals surface area contributed by atoms with E-state index in [9.17, 15) is 4.79 Å². The lowest BCUT2D eigenvalue weighted by Crippen LogP contribution is -2.38. The van der Waals surface area contributed by atoms with E-state index in [0.717, 1.165) is 17.2 Å². The summed E-state index contributed by atoms with van der Waals surface area (Å²) in [7, 11) is 0. The molecule has 110 valence electrons. The molecule has 0 amide bonds. The van der Waals surface area contributed by atoms with E-state index >= 15 is 0 Å². The number of para-hydroxylation sites is 1. The summed E-state index contributed by atoms with van der Waals surface area (Å²) in [5.74, 6) is 0.668. The third-order valence-corrected chi connectivity index (χ3v) is 3.31. The molecular formula is C17H19NO3. The number of carboxylic acid groups (broad SMARTS) is 1. The highest BCUT2D eigenvalue weighted by atomic mass is 16.5. The van der Waals surface area contributed by atoms with E-state index in [4.69, 9.17) is 9.84 Å². The Morgan fingerprint density at radius 2 is 1.67 bits per heavy atom. The molecule has 21 heavy (non-hydrogen) atoms. The normalized spacial score (nSPS) is 11.7. The van der Waals surface area contributed by atoms with Gasteiger partial charge < -0.3 is 14.7 Å². The molecule has 2 aromatic rings. The lowest BCUT2D eigenvalue weighted by Gasteiger charge is -2.27. The minimum absolute atomic E-state index is 0.559. The molecule has 2 rings (SSSR count). The molecule has 1 unspecified atom stereocenters. The number of benzene rings is 2. The molecule has 0 radical (unpaired) electrons. The molecule has 2 aromatic carbocycles. The molecule has 4 nitrogen and oxygen atoms in total. The van der Waals surface area contributed by atoms with Crippen molar-refractivity contribution in [1.82, 2.24) is 0 Å². The van der Waals surface area contributed by atoms with Gasteiger partial charge in [-0.1, -0.05) is 18.2 Å². The fourth-order valence-corrected chi connectivity index (χ4v) is 2.14. The Hall–Kier alpha value is -2.49. The number of hydrogen-bond donors (Lipinski definition) is 1. The summed E-state index contributed by atoms with van der Waals surface area (Å²) in [5, 5.41) is 9.13. The van der Waals surface area contributed by atoms with Gasteiger partial charge in [-0.25, -0.2) is 4.79 Å². The van der Waals surface area contributed by atoms with Crippen LogP contribution in [0.2, 0.25) is 0 Å². The summed E-state index contributed by atoms with van der Waals surface area (Å²) in [6.07, 6.45) is 0. The second-order valence-electron chi connectivity index (χ2n) is 4.71. The molecule has 0 fully saturated rings. The molecule has 0 aromatic heterocycles. The Bertz CT molecular complexity index is 581. The van der Waals surface area contributed by atoms with Gasteiger partial charge in [0.25, 0.3) is 0 Å². The minimum Gasteiger partial charge on any atom is -0.480 e. The van der Waals surface area contributed by atoms with Gasteiger partial charge in [-0.05, 0) is 50.2 Å². The molecule has 0 spiro atoms. The molecule has 0 aliphatic rings. The van der Waals surface area contributed by atoms with Crippen molar-refractivity contribution in [2.75, 3.05) is 11.4 Å². The van der Waals surface area contributed by atoms with Crippen LogP contribution in [0.4, 0.5) is 5.69 Å². The maximum absolute atomic E-state index is 11.1. The van der Waals surface area contributed by atoms with Crippen LogP contribution in [0.5, 0.6) is 11.5 Å². The first kappa shape index (κ1) is 14.9. The first-order valence-electron chi connectivity index (χ1n) is 6.94. The Balaban J connectivity index is 2.12. The Kier molecular flexibility index (Phi) is 4.82. The Labute approximate surface area is 124 Å². The van der Waals surface area contributed by atoms with Crippen molar-refractivity contribution in [2.24, 2.45) is 0 Å². The van der Waals surface area contributed by atoms with Gasteiger partial charge in [0.2, 0.25) is 0 Å². The summed E-state index contributed by atoms with van der Waals surface area (Å²) >= 11 is 0. The topological polar surface area (TPSA) is 49.8 Å². The van der Waals surface area contributed by atoms with Crippen molar-refractivity contribution in [1.29, 1.82) is 0 Å². The number of ether oxygens (including phenoxy) is 1. The van der Waals surface area contributed by atoms with Crippen molar-refractivity contribution in [3.8, 4) is 11.5 Å². The summed E-state index contributed by atoms with van der Waals surface area (Å²) in [6, 6.07) is 16.4. The molecule has 1 atom stereocenters. The zero-order valence-corrected chi connectivity index (χ0v) is 12.2. The van der Waals surface area contributed by atoms with E-state index in [1.807, 2.05) is 66.4 Å². The molecule has 1 N–H and O–H groups in total. The number of carboxylic acids is 1. The second kappa shape index (κ2) is 6.79. The molecule has 0 bridgehead atoms. The Morgan fingerprint density at radius 1 is 1.10 bits per heavy atom. The number of carbonyl (C=O) groups is 1. The van der Waals surface area contributed by atoms with Gasteiger partial charge in [0.15, 0.2) is 0 Å². The quantitative estimate of drug-likeness (QED) is 0.877. The smallest absolute Gasteiger partial charge is 0.326 e. The zero-order valence-electron chi connectivity index (χ0n) is 12.2. The fourth-order valence-electron chi connectivity index (χ4n) is 2.14. The van der Waals surface area contributed by atoms with Gasteiger partial charge in [0, 0.05) is 12.2 Å².